The van der Waals surface area contributed by atoms with Gasteiger partial charge in [0.05, 0.1) is 0 Å². The predicted molar refractivity (Wildman–Crippen MR) is 72.2 cm³/mol. The van der Waals surface area contributed by atoms with Crippen molar-refractivity contribution in [3.63, 3.8) is 0 Å². The van der Waals surface area contributed by atoms with E-state index >= 15 is 0 Å². The maximum Gasteiger partial charge on any atom is 0.241 e. The molecule has 0 bridgehead atoms. The smallest absolute Gasteiger partial charge is 0.241 e. The molecule has 1 amide bonds. The number of nitrogens with zero attached hydrogens (tertiary/aromatic N) is 1. The van der Waals surface area contributed by atoms with Crippen molar-refractivity contribution in [3.05, 3.63) is 0 Å². The predicted octanol–water partition coefficient (Wildman–Crippen LogP) is 0.866. The number of aliphatic imine (C=N–C) groups is 1. The minimum absolute atomic E-state index is 0.0436. The molecular formula is C12H26N4O. The summed E-state index contributed by atoms with van der Waals surface area (Å²) in [5.74, 6) is 0.629. The van der Waals surface area contributed by atoms with Crippen molar-refractivity contribution in [2.24, 2.45) is 4.99 Å². The highest BCUT2D eigenvalue weighted by Crippen LogP contribution is 1.97. The van der Waals surface area contributed by atoms with E-state index in [1.807, 2.05) is 13.8 Å². The number of nitrogens with one attached hydrogen (secondary N) is 3. The summed E-state index contributed by atoms with van der Waals surface area (Å²) in [7, 11) is 0. The summed E-state index contributed by atoms with van der Waals surface area (Å²) in [6, 6.07) is 0. The summed E-state index contributed by atoms with van der Waals surface area (Å²) in [6.07, 6.45) is 0.940. The zero-order chi connectivity index (χ0) is 13.3. The fourth-order valence-corrected chi connectivity index (χ4v) is 1.13. The third-order valence-corrected chi connectivity index (χ3v) is 1.79. The number of amides is 1. The second-order valence-corrected chi connectivity index (χ2v) is 4.92. The van der Waals surface area contributed by atoms with Gasteiger partial charge in [0.15, 0.2) is 5.96 Å². The van der Waals surface area contributed by atoms with Crippen LogP contribution < -0.4 is 16.0 Å². The molecule has 0 spiro atoms. The van der Waals surface area contributed by atoms with Gasteiger partial charge in [-0.1, -0.05) is 6.92 Å². The summed E-state index contributed by atoms with van der Waals surface area (Å²) < 4.78 is 0. The van der Waals surface area contributed by atoms with Crippen LogP contribution in [0.15, 0.2) is 4.99 Å². The van der Waals surface area contributed by atoms with E-state index in [2.05, 4.69) is 41.7 Å². The lowest BCUT2D eigenvalue weighted by Gasteiger charge is -2.23. The summed E-state index contributed by atoms with van der Waals surface area (Å²) in [5.41, 5.74) is -0.0686. The molecule has 0 atom stereocenters. The van der Waals surface area contributed by atoms with Gasteiger partial charge in [-0.3, -0.25) is 4.79 Å². The monoisotopic (exact) mass is 242 g/mol. The van der Waals surface area contributed by atoms with E-state index in [0.29, 0.717) is 12.5 Å². The fraction of sp³-hybridized carbons (Fsp3) is 0.833. The first-order valence-corrected chi connectivity index (χ1v) is 6.22. The van der Waals surface area contributed by atoms with Gasteiger partial charge >= 0.3 is 0 Å². The first-order chi connectivity index (χ1) is 7.89. The molecule has 0 saturated carbocycles. The molecule has 17 heavy (non-hydrogen) atoms. The van der Waals surface area contributed by atoms with Crippen molar-refractivity contribution in [1.29, 1.82) is 0 Å². The summed E-state index contributed by atoms with van der Waals surface area (Å²) in [5, 5.41) is 9.13. The van der Waals surface area contributed by atoms with Crippen LogP contribution in [0.5, 0.6) is 0 Å². The molecular weight excluding hydrogens is 216 g/mol. The molecule has 0 radical (unpaired) electrons. The van der Waals surface area contributed by atoms with Crippen molar-refractivity contribution in [2.75, 3.05) is 19.6 Å². The number of carbonyl (C=O) groups excluding carboxylic acids is 1. The highest BCUT2D eigenvalue weighted by Gasteiger charge is 2.11. The molecule has 0 heterocycles. The van der Waals surface area contributed by atoms with Crippen LogP contribution in [0, 0.1) is 0 Å². The van der Waals surface area contributed by atoms with Gasteiger partial charge in [-0.25, -0.2) is 4.99 Å². The molecule has 3 N–H and O–H groups in total. The van der Waals surface area contributed by atoms with E-state index in [4.69, 9.17) is 0 Å². The average Bonchev–Trinajstić information content (AvgIpc) is 2.21. The van der Waals surface area contributed by atoms with Gasteiger partial charge in [0.1, 0.15) is 6.54 Å². The lowest BCUT2D eigenvalue weighted by molar-refractivity contribution is -0.119. The molecule has 0 aliphatic rings. The van der Waals surface area contributed by atoms with Crippen LogP contribution in [0.4, 0.5) is 0 Å². The van der Waals surface area contributed by atoms with E-state index in [1.54, 1.807) is 0 Å². The molecule has 0 aliphatic carbocycles. The van der Waals surface area contributed by atoms with Crippen LogP contribution in [0.2, 0.25) is 0 Å². The second-order valence-electron chi connectivity index (χ2n) is 4.92. The Hall–Kier alpha value is -1.26. The zero-order valence-electron chi connectivity index (χ0n) is 11.7. The highest BCUT2D eigenvalue weighted by molar-refractivity contribution is 5.85. The standard InChI is InChI=1S/C12H26N4O/c1-6-8-14-10(17)9-15-11(13-7-2)16-12(3,4)5/h6-9H2,1-5H3,(H,14,17)(H2,13,15,16). The van der Waals surface area contributed by atoms with Gasteiger partial charge in [-0.05, 0) is 34.1 Å². The Labute approximate surface area is 104 Å². The quantitative estimate of drug-likeness (QED) is 0.495. The normalized spacial score (nSPS) is 12.2. The molecule has 0 aromatic carbocycles. The molecule has 5 nitrogen and oxygen atoms in total. The Morgan fingerprint density at radius 2 is 1.82 bits per heavy atom. The third-order valence-electron chi connectivity index (χ3n) is 1.79. The minimum Gasteiger partial charge on any atom is -0.357 e. The zero-order valence-corrected chi connectivity index (χ0v) is 11.7. The molecule has 5 heteroatoms. The van der Waals surface area contributed by atoms with Crippen LogP contribution in [-0.4, -0.2) is 37.0 Å². The first kappa shape index (κ1) is 15.7. The Kier molecular flexibility index (Phi) is 7.34. The topological polar surface area (TPSA) is 65.5 Å². The Morgan fingerprint density at radius 3 is 2.29 bits per heavy atom. The van der Waals surface area contributed by atoms with E-state index in [1.165, 1.54) is 0 Å². The van der Waals surface area contributed by atoms with E-state index in [0.717, 1.165) is 13.0 Å². The van der Waals surface area contributed by atoms with Crippen molar-refractivity contribution in [3.8, 4) is 0 Å². The summed E-state index contributed by atoms with van der Waals surface area (Å²) in [4.78, 5) is 15.6. The Balaban J connectivity index is 4.24. The molecule has 0 fully saturated rings. The number of hydrogen-bond acceptors (Lipinski definition) is 2. The van der Waals surface area contributed by atoms with Gasteiger partial charge in [0, 0.05) is 18.6 Å². The van der Waals surface area contributed by atoms with Crippen molar-refractivity contribution >= 4 is 11.9 Å². The lowest BCUT2D eigenvalue weighted by Crippen LogP contribution is -2.48. The van der Waals surface area contributed by atoms with Crippen molar-refractivity contribution in [2.45, 2.75) is 46.6 Å². The third kappa shape index (κ3) is 9.66. The number of carbonyl (C=O) groups is 1. The molecule has 100 valence electrons. The summed E-state index contributed by atoms with van der Waals surface area (Å²) in [6.45, 7) is 11.8. The van der Waals surface area contributed by atoms with Crippen molar-refractivity contribution in [1.82, 2.24) is 16.0 Å². The molecule has 0 unspecified atom stereocenters. The average molecular weight is 242 g/mol. The summed E-state index contributed by atoms with van der Waals surface area (Å²) >= 11 is 0. The Bertz CT molecular complexity index is 256. The molecule has 0 aromatic rings. The van der Waals surface area contributed by atoms with Crippen molar-refractivity contribution < 1.29 is 4.79 Å². The SMILES string of the molecule is CCCNC(=O)CN=C(NCC)NC(C)(C)C. The van der Waals surface area contributed by atoms with E-state index in [9.17, 15) is 4.79 Å². The molecule has 0 saturated heterocycles. The highest BCUT2D eigenvalue weighted by atomic mass is 16.1. The largest absolute Gasteiger partial charge is 0.357 e. The minimum atomic E-state index is -0.0686. The first-order valence-electron chi connectivity index (χ1n) is 6.22. The Morgan fingerprint density at radius 1 is 1.18 bits per heavy atom. The number of rotatable bonds is 5. The van der Waals surface area contributed by atoms with Gasteiger partial charge in [0.2, 0.25) is 5.91 Å². The van der Waals surface area contributed by atoms with Gasteiger partial charge in [0.25, 0.3) is 0 Å². The number of guanidine groups is 1. The lowest BCUT2D eigenvalue weighted by atomic mass is 10.1. The van der Waals surface area contributed by atoms with Gasteiger partial charge < -0.3 is 16.0 Å². The maximum absolute atomic E-state index is 11.4. The maximum atomic E-state index is 11.4. The van der Waals surface area contributed by atoms with Crippen LogP contribution >= 0.6 is 0 Å². The second kappa shape index (κ2) is 7.92. The fourth-order valence-electron chi connectivity index (χ4n) is 1.13. The van der Waals surface area contributed by atoms with Gasteiger partial charge in [-0.2, -0.15) is 0 Å². The van der Waals surface area contributed by atoms with Crippen LogP contribution in [0.25, 0.3) is 0 Å². The van der Waals surface area contributed by atoms with E-state index < -0.39 is 0 Å². The van der Waals surface area contributed by atoms with Gasteiger partial charge in [-0.15, -0.1) is 0 Å². The molecule has 0 aliphatic heterocycles. The molecule has 0 aromatic heterocycles. The van der Waals surface area contributed by atoms with E-state index in [-0.39, 0.29) is 18.0 Å². The van der Waals surface area contributed by atoms with Crippen LogP contribution in [-0.2, 0) is 4.79 Å². The van der Waals surface area contributed by atoms with Crippen LogP contribution in [0.1, 0.15) is 41.0 Å². The van der Waals surface area contributed by atoms with Crippen LogP contribution in [0.3, 0.4) is 0 Å². The number of hydrogen-bond donors (Lipinski definition) is 3. The molecule has 0 rings (SSSR count).